The van der Waals surface area contributed by atoms with E-state index in [1.165, 1.54) is 0 Å². The van der Waals surface area contributed by atoms with Crippen molar-refractivity contribution in [3.05, 3.63) is 86.3 Å². The highest BCUT2D eigenvalue weighted by atomic mass is 35.5. The van der Waals surface area contributed by atoms with Crippen molar-refractivity contribution >= 4 is 52.4 Å². The lowest BCUT2D eigenvalue weighted by Gasteiger charge is -2.21. The van der Waals surface area contributed by atoms with Gasteiger partial charge in [-0.3, -0.25) is 0 Å². The van der Waals surface area contributed by atoms with Crippen molar-refractivity contribution in [1.82, 2.24) is 9.55 Å². The van der Waals surface area contributed by atoms with E-state index in [-0.39, 0.29) is 0 Å². The lowest BCUT2D eigenvalue weighted by atomic mass is 10.1. The van der Waals surface area contributed by atoms with Crippen molar-refractivity contribution in [2.45, 2.75) is 12.6 Å². The molecule has 0 spiro atoms. The number of hydrogen-bond donors (Lipinski definition) is 0. The number of aromatic nitrogens is 2. The molecule has 0 saturated heterocycles. The molecule has 8 heteroatoms. The molecule has 0 aliphatic heterocycles. The number of carbonyl (C=O) groups is 1. The number of ether oxygens (including phenoxy) is 1. The van der Waals surface area contributed by atoms with Crippen LogP contribution in [0, 0.1) is 0 Å². The molecule has 1 heterocycles. The van der Waals surface area contributed by atoms with Crippen LogP contribution in [0.4, 0.5) is 0 Å². The van der Waals surface area contributed by atoms with E-state index in [1.807, 2.05) is 0 Å². The first-order valence-corrected chi connectivity index (χ1v) is 9.02. The zero-order valence-corrected chi connectivity index (χ0v) is 16.2. The SMILES string of the molecule is O=C(OC(Cn1ccnc1)c1c(Cl)cc(Cl)cc1Cl)c1ccc(Cl)cc1. The fourth-order valence-electron chi connectivity index (χ4n) is 2.42. The van der Waals surface area contributed by atoms with Gasteiger partial charge < -0.3 is 9.30 Å². The van der Waals surface area contributed by atoms with E-state index >= 15 is 0 Å². The van der Waals surface area contributed by atoms with E-state index in [4.69, 9.17) is 51.1 Å². The fourth-order valence-corrected chi connectivity index (χ4v) is 3.60. The minimum absolute atomic E-state index is 0.292. The number of hydrogen-bond acceptors (Lipinski definition) is 3. The molecule has 26 heavy (non-hydrogen) atoms. The molecule has 0 amide bonds. The smallest absolute Gasteiger partial charge is 0.338 e. The summed E-state index contributed by atoms with van der Waals surface area (Å²) in [6, 6.07) is 9.52. The minimum Gasteiger partial charge on any atom is -0.452 e. The average molecular weight is 430 g/mol. The van der Waals surface area contributed by atoms with Crippen molar-refractivity contribution in [3.63, 3.8) is 0 Å². The van der Waals surface area contributed by atoms with Crippen LogP contribution >= 0.6 is 46.4 Å². The monoisotopic (exact) mass is 428 g/mol. The standard InChI is InChI=1S/C18H12Cl4N2O2/c19-12-3-1-11(2-4-12)18(25)26-16(9-24-6-5-23-10-24)17-14(21)7-13(20)8-15(17)22/h1-8,10,16H,9H2. The Kier molecular flexibility index (Phi) is 6.09. The molecule has 0 aliphatic rings. The van der Waals surface area contributed by atoms with Gasteiger partial charge in [0.25, 0.3) is 0 Å². The summed E-state index contributed by atoms with van der Waals surface area (Å²) in [5, 5.41) is 1.56. The quantitative estimate of drug-likeness (QED) is 0.460. The summed E-state index contributed by atoms with van der Waals surface area (Å²) in [4.78, 5) is 16.6. The third-order valence-corrected chi connectivity index (χ3v) is 4.73. The third kappa shape index (κ3) is 4.51. The molecule has 1 unspecified atom stereocenters. The highest BCUT2D eigenvalue weighted by Crippen LogP contribution is 2.36. The van der Waals surface area contributed by atoms with Crippen molar-refractivity contribution in [2.75, 3.05) is 0 Å². The number of nitrogens with zero attached hydrogens (tertiary/aromatic N) is 2. The van der Waals surface area contributed by atoms with Gasteiger partial charge >= 0.3 is 5.97 Å². The molecule has 0 aliphatic carbocycles. The zero-order valence-electron chi connectivity index (χ0n) is 13.2. The third-order valence-electron chi connectivity index (χ3n) is 3.63. The Morgan fingerprint density at radius 3 is 2.27 bits per heavy atom. The molecular weight excluding hydrogens is 418 g/mol. The van der Waals surface area contributed by atoms with Gasteiger partial charge in [0.1, 0.15) is 6.10 Å². The van der Waals surface area contributed by atoms with E-state index < -0.39 is 12.1 Å². The Bertz CT molecular complexity index is 888. The lowest BCUT2D eigenvalue weighted by molar-refractivity contribution is 0.0256. The summed E-state index contributed by atoms with van der Waals surface area (Å²) in [5.74, 6) is -0.520. The van der Waals surface area contributed by atoms with Gasteiger partial charge in [0.2, 0.25) is 0 Å². The number of esters is 1. The van der Waals surface area contributed by atoms with Crippen LogP contribution in [-0.2, 0) is 11.3 Å². The number of imidazole rings is 1. The number of rotatable bonds is 5. The molecule has 0 bridgehead atoms. The summed E-state index contributed by atoms with van der Waals surface area (Å²) >= 11 is 24.5. The number of benzene rings is 2. The van der Waals surface area contributed by atoms with Crippen molar-refractivity contribution in [1.29, 1.82) is 0 Å². The van der Waals surface area contributed by atoms with Gasteiger partial charge in [-0.2, -0.15) is 0 Å². The van der Waals surface area contributed by atoms with Crippen LogP contribution in [0.25, 0.3) is 0 Å². The van der Waals surface area contributed by atoms with Gasteiger partial charge in [-0.25, -0.2) is 9.78 Å². The first kappa shape index (κ1) is 19.1. The Hall–Kier alpha value is -1.72. The molecule has 1 aromatic heterocycles. The van der Waals surface area contributed by atoms with Crippen LogP contribution in [0.3, 0.4) is 0 Å². The van der Waals surface area contributed by atoms with E-state index in [2.05, 4.69) is 4.98 Å². The Labute approximate surface area is 170 Å². The minimum atomic E-state index is -0.732. The molecule has 3 rings (SSSR count). The van der Waals surface area contributed by atoms with Gasteiger partial charge in [-0.15, -0.1) is 0 Å². The molecule has 1 atom stereocenters. The van der Waals surface area contributed by atoms with Crippen molar-refractivity contribution in [2.24, 2.45) is 0 Å². The van der Waals surface area contributed by atoms with Crippen LogP contribution in [0.15, 0.2) is 55.1 Å². The second kappa shape index (κ2) is 8.31. The number of carbonyl (C=O) groups excluding carboxylic acids is 1. The molecule has 0 N–H and O–H groups in total. The van der Waals surface area contributed by atoms with Gasteiger partial charge in [0.15, 0.2) is 0 Å². The molecule has 4 nitrogen and oxygen atoms in total. The van der Waals surface area contributed by atoms with E-state index in [0.29, 0.717) is 37.8 Å². The van der Waals surface area contributed by atoms with Gasteiger partial charge in [-0.05, 0) is 36.4 Å². The Balaban J connectivity index is 1.93. The Morgan fingerprint density at radius 2 is 1.69 bits per heavy atom. The van der Waals surface area contributed by atoms with Gasteiger partial charge in [0, 0.05) is 28.0 Å². The van der Waals surface area contributed by atoms with Crippen molar-refractivity contribution in [3.8, 4) is 0 Å². The normalized spacial score (nSPS) is 12.0. The Morgan fingerprint density at radius 1 is 1.04 bits per heavy atom. The lowest BCUT2D eigenvalue weighted by Crippen LogP contribution is -2.17. The van der Waals surface area contributed by atoms with E-state index in [0.717, 1.165) is 0 Å². The molecular formula is C18H12Cl4N2O2. The van der Waals surface area contributed by atoms with Gasteiger partial charge in [0.05, 0.1) is 28.5 Å². The molecule has 0 radical (unpaired) electrons. The summed E-state index contributed by atoms with van der Waals surface area (Å²) in [6.45, 7) is 0.292. The molecule has 134 valence electrons. The molecule has 2 aromatic carbocycles. The largest absolute Gasteiger partial charge is 0.452 e. The van der Waals surface area contributed by atoms with Crippen LogP contribution in [0.5, 0.6) is 0 Å². The van der Waals surface area contributed by atoms with Crippen molar-refractivity contribution < 1.29 is 9.53 Å². The predicted octanol–water partition coefficient (Wildman–Crippen LogP) is 6.10. The highest BCUT2D eigenvalue weighted by molar-refractivity contribution is 6.39. The summed E-state index contributed by atoms with van der Waals surface area (Å²) in [5.41, 5.74) is 0.847. The van der Waals surface area contributed by atoms with E-state index in [9.17, 15) is 4.79 Å². The fraction of sp³-hybridized carbons (Fsp3) is 0.111. The maximum absolute atomic E-state index is 12.6. The highest BCUT2D eigenvalue weighted by Gasteiger charge is 2.24. The summed E-state index contributed by atoms with van der Waals surface area (Å²) < 4.78 is 7.46. The first-order chi connectivity index (χ1) is 12.4. The average Bonchev–Trinajstić information content (AvgIpc) is 3.07. The summed E-state index contributed by atoms with van der Waals surface area (Å²) in [7, 11) is 0. The number of halogens is 4. The molecule has 3 aromatic rings. The second-order valence-electron chi connectivity index (χ2n) is 5.44. The van der Waals surface area contributed by atoms with Crippen LogP contribution in [0.2, 0.25) is 20.1 Å². The van der Waals surface area contributed by atoms with E-state index in [1.54, 1.807) is 59.7 Å². The van der Waals surface area contributed by atoms with Crippen LogP contribution in [-0.4, -0.2) is 15.5 Å². The zero-order chi connectivity index (χ0) is 18.7. The van der Waals surface area contributed by atoms with Crippen LogP contribution < -0.4 is 0 Å². The second-order valence-corrected chi connectivity index (χ2v) is 7.13. The topological polar surface area (TPSA) is 44.1 Å². The maximum Gasteiger partial charge on any atom is 0.338 e. The summed E-state index contributed by atoms with van der Waals surface area (Å²) in [6.07, 6.45) is 4.26. The predicted molar refractivity (Wildman–Crippen MR) is 103 cm³/mol. The molecule has 0 saturated carbocycles. The molecule has 0 fully saturated rings. The first-order valence-electron chi connectivity index (χ1n) is 7.51. The van der Waals surface area contributed by atoms with Gasteiger partial charge in [-0.1, -0.05) is 46.4 Å². The maximum atomic E-state index is 12.6. The van der Waals surface area contributed by atoms with Crippen LogP contribution in [0.1, 0.15) is 22.0 Å².